The van der Waals surface area contributed by atoms with Crippen LogP contribution in [0, 0.1) is 6.92 Å². The largest absolute Gasteiger partial charge is 0.347 e. The van der Waals surface area contributed by atoms with E-state index in [0.29, 0.717) is 5.69 Å². The minimum Gasteiger partial charge on any atom is -0.347 e. The summed E-state index contributed by atoms with van der Waals surface area (Å²) in [6, 6.07) is 9.46. The lowest BCUT2D eigenvalue weighted by atomic mass is 10.2. The quantitative estimate of drug-likeness (QED) is 0.905. The Hall–Kier alpha value is -1.55. The van der Waals surface area contributed by atoms with Crippen molar-refractivity contribution in [2.75, 3.05) is 5.32 Å². The molecule has 1 heterocycles. The molecule has 0 unspecified atom stereocenters. The highest BCUT2D eigenvalue weighted by Gasteiger charge is 2.10. The standard InChI is InChI=1S/C13H13BrN2O/c1-9-5-6-10(14)8-11(9)15-13(17)12-4-3-7-16(12)2/h3-8H,1-2H3,(H,15,17). The number of nitrogens with zero attached hydrogens (tertiary/aromatic N) is 1. The van der Waals surface area contributed by atoms with Crippen molar-refractivity contribution in [3.8, 4) is 0 Å². The van der Waals surface area contributed by atoms with Crippen molar-refractivity contribution in [1.29, 1.82) is 0 Å². The zero-order chi connectivity index (χ0) is 12.4. The van der Waals surface area contributed by atoms with Crippen molar-refractivity contribution in [3.63, 3.8) is 0 Å². The maximum Gasteiger partial charge on any atom is 0.272 e. The third-order valence-corrected chi connectivity index (χ3v) is 3.12. The number of anilines is 1. The Labute approximate surface area is 109 Å². The molecule has 0 bridgehead atoms. The van der Waals surface area contributed by atoms with Crippen LogP contribution in [-0.4, -0.2) is 10.5 Å². The Morgan fingerprint density at radius 2 is 2.12 bits per heavy atom. The number of hydrogen-bond donors (Lipinski definition) is 1. The number of hydrogen-bond acceptors (Lipinski definition) is 1. The van der Waals surface area contributed by atoms with Gasteiger partial charge in [-0.25, -0.2) is 0 Å². The average molecular weight is 293 g/mol. The van der Waals surface area contributed by atoms with Gasteiger partial charge in [0.25, 0.3) is 5.91 Å². The van der Waals surface area contributed by atoms with E-state index in [1.54, 1.807) is 10.6 Å². The van der Waals surface area contributed by atoms with Crippen LogP contribution < -0.4 is 5.32 Å². The Bertz CT molecular complexity index is 560. The van der Waals surface area contributed by atoms with Crippen LogP contribution in [0.3, 0.4) is 0 Å². The van der Waals surface area contributed by atoms with Gasteiger partial charge in [-0.3, -0.25) is 4.79 Å². The number of aromatic nitrogens is 1. The summed E-state index contributed by atoms with van der Waals surface area (Å²) in [7, 11) is 1.85. The van der Waals surface area contributed by atoms with Crippen LogP contribution in [0.25, 0.3) is 0 Å². The van der Waals surface area contributed by atoms with Gasteiger partial charge in [0.2, 0.25) is 0 Å². The van der Waals surface area contributed by atoms with Gasteiger partial charge >= 0.3 is 0 Å². The number of aryl methyl sites for hydroxylation is 2. The lowest BCUT2D eigenvalue weighted by Gasteiger charge is -2.09. The Balaban J connectivity index is 2.24. The van der Waals surface area contributed by atoms with E-state index in [-0.39, 0.29) is 5.91 Å². The molecule has 0 aliphatic carbocycles. The molecule has 1 N–H and O–H groups in total. The molecule has 88 valence electrons. The predicted molar refractivity (Wildman–Crippen MR) is 72.2 cm³/mol. The lowest BCUT2D eigenvalue weighted by Crippen LogP contribution is -2.15. The second-order valence-electron chi connectivity index (χ2n) is 3.92. The summed E-state index contributed by atoms with van der Waals surface area (Å²) >= 11 is 3.39. The van der Waals surface area contributed by atoms with Crippen molar-refractivity contribution in [1.82, 2.24) is 4.57 Å². The summed E-state index contributed by atoms with van der Waals surface area (Å²) < 4.78 is 2.74. The molecule has 17 heavy (non-hydrogen) atoms. The second kappa shape index (κ2) is 4.75. The molecule has 1 aromatic heterocycles. The molecule has 0 saturated carbocycles. The van der Waals surface area contributed by atoms with E-state index in [1.165, 1.54) is 0 Å². The van der Waals surface area contributed by atoms with E-state index in [4.69, 9.17) is 0 Å². The fraction of sp³-hybridized carbons (Fsp3) is 0.154. The normalized spacial score (nSPS) is 10.3. The average Bonchev–Trinajstić information content (AvgIpc) is 2.70. The first-order valence-corrected chi connectivity index (χ1v) is 6.06. The zero-order valence-corrected chi connectivity index (χ0v) is 11.3. The Morgan fingerprint density at radius 3 is 2.76 bits per heavy atom. The van der Waals surface area contributed by atoms with Crippen molar-refractivity contribution < 1.29 is 4.79 Å². The lowest BCUT2D eigenvalue weighted by molar-refractivity contribution is 0.101. The van der Waals surface area contributed by atoms with Gasteiger partial charge < -0.3 is 9.88 Å². The summed E-state index contributed by atoms with van der Waals surface area (Å²) in [5, 5.41) is 2.90. The highest BCUT2D eigenvalue weighted by atomic mass is 79.9. The highest BCUT2D eigenvalue weighted by Crippen LogP contribution is 2.21. The first-order chi connectivity index (χ1) is 8.08. The molecule has 4 heteroatoms. The molecule has 2 aromatic rings. The molecule has 3 nitrogen and oxygen atoms in total. The van der Waals surface area contributed by atoms with Crippen LogP contribution in [0.4, 0.5) is 5.69 Å². The third kappa shape index (κ3) is 2.58. The van der Waals surface area contributed by atoms with Crippen molar-refractivity contribution in [2.24, 2.45) is 7.05 Å². The van der Waals surface area contributed by atoms with Gasteiger partial charge in [0.05, 0.1) is 0 Å². The maximum atomic E-state index is 12.0. The fourth-order valence-electron chi connectivity index (χ4n) is 1.61. The topological polar surface area (TPSA) is 34.0 Å². The van der Waals surface area contributed by atoms with E-state index in [1.807, 2.05) is 44.4 Å². The summed E-state index contributed by atoms with van der Waals surface area (Å²) in [5.41, 5.74) is 2.51. The molecule has 0 fully saturated rings. The van der Waals surface area contributed by atoms with Crippen molar-refractivity contribution in [2.45, 2.75) is 6.92 Å². The molecule has 1 aromatic carbocycles. The first kappa shape index (κ1) is 11.9. The number of amides is 1. The minimum absolute atomic E-state index is 0.0984. The van der Waals surface area contributed by atoms with E-state index in [0.717, 1.165) is 15.7 Å². The fourth-order valence-corrected chi connectivity index (χ4v) is 1.97. The number of nitrogens with one attached hydrogen (secondary N) is 1. The molecular formula is C13H13BrN2O. The molecule has 0 saturated heterocycles. The molecule has 0 aliphatic rings. The summed E-state index contributed by atoms with van der Waals surface area (Å²) in [6.07, 6.45) is 1.85. The molecule has 0 atom stereocenters. The van der Waals surface area contributed by atoms with Crippen LogP contribution in [0.15, 0.2) is 41.0 Å². The predicted octanol–water partition coefficient (Wildman–Crippen LogP) is 3.35. The molecule has 1 amide bonds. The smallest absolute Gasteiger partial charge is 0.272 e. The first-order valence-electron chi connectivity index (χ1n) is 5.27. The van der Waals surface area contributed by atoms with Gasteiger partial charge in [0.15, 0.2) is 0 Å². The monoisotopic (exact) mass is 292 g/mol. The van der Waals surface area contributed by atoms with Crippen LogP contribution in [0.1, 0.15) is 16.1 Å². The molecule has 2 rings (SSSR count). The Morgan fingerprint density at radius 1 is 1.35 bits per heavy atom. The maximum absolute atomic E-state index is 12.0. The number of halogens is 1. The number of carbonyl (C=O) groups is 1. The number of rotatable bonds is 2. The molecule has 0 spiro atoms. The van der Waals surface area contributed by atoms with Crippen molar-refractivity contribution >= 4 is 27.5 Å². The van der Waals surface area contributed by atoms with Crippen LogP contribution >= 0.6 is 15.9 Å². The van der Waals surface area contributed by atoms with Gasteiger partial charge in [-0.05, 0) is 36.8 Å². The molecular weight excluding hydrogens is 280 g/mol. The van der Waals surface area contributed by atoms with Gasteiger partial charge in [0.1, 0.15) is 5.69 Å². The van der Waals surface area contributed by atoms with Gasteiger partial charge in [-0.1, -0.05) is 22.0 Å². The van der Waals surface area contributed by atoms with E-state index in [2.05, 4.69) is 21.2 Å². The van der Waals surface area contributed by atoms with Gasteiger partial charge in [0, 0.05) is 23.4 Å². The second-order valence-corrected chi connectivity index (χ2v) is 4.83. The zero-order valence-electron chi connectivity index (χ0n) is 9.70. The summed E-state index contributed by atoms with van der Waals surface area (Å²) in [4.78, 5) is 12.0. The van der Waals surface area contributed by atoms with Gasteiger partial charge in [-0.15, -0.1) is 0 Å². The number of benzene rings is 1. The van der Waals surface area contributed by atoms with E-state index in [9.17, 15) is 4.79 Å². The highest BCUT2D eigenvalue weighted by molar-refractivity contribution is 9.10. The minimum atomic E-state index is -0.0984. The summed E-state index contributed by atoms with van der Waals surface area (Å²) in [6.45, 7) is 1.97. The van der Waals surface area contributed by atoms with Crippen LogP contribution in [0.5, 0.6) is 0 Å². The molecule has 0 radical (unpaired) electrons. The third-order valence-electron chi connectivity index (χ3n) is 2.62. The Kier molecular flexibility index (Phi) is 3.33. The van der Waals surface area contributed by atoms with Crippen molar-refractivity contribution in [3.05, 3.63) is 52.3 Å². The van der Waals surface area contributed by atoms with Crippen LogP contribution in [0.2, 0.25) is 0 Å². The summed E-state index contributed by atoms with van der Waals surface area (Å²) in [5.74, 6) is -0.0984. The van der Waals surface area contributed by atoms with Crippen LogP contribution in [-0.2, 0) is 7.05 Å². The van der Waals surface area contributed by atoms with E-state index < -0.39 is 0 Å². The van der Waals surface area contributed by atoms with Gasteiger partial charge in [-0.2, -0.15) is 0 Å². The molecule has 0 aliphatic heterocycles. The van der Waals surface area contributed by atoms with E-state index >= 15 is 0 Å². The SMILES string of the molecule is Cc1ccc(Br)cc1NC(=O)c1cccn1C. The number of carbonyl (C=O) groups excluding carboxylic acids is 1.